The molecule has 24 heavy (non-hydrogen) atoms. The van der Waals surface area contributed by atoms with E-state index in [9.17, 15) is 14.7 Å². The van der Waals surface area contributed by atoms with Gasteiger partial charge in [0.2, 0.25) is 0 Å². The van der Waals surface area contributed by atoms with Crippen LogP contribution in [0.3, 0.4) is 0 Å². The van der Waals surface area contributed by atoms with Crippen molar-refractivity contribution in [2.45, 2.75) is 13.8 Å². The molecule has 0 fully saturated rings. The van der Waals surface area contributed by atoms with E-state index in [1.54, 1.807) is 31.2 Å². The Morgan fingerprint density at radius 2 is 1.79 bits per heavy atom. The number of benzene rings is 2. The number of aryl methyl sites for hydroxylation is 1. The lowest BCUT2D eigenvalue weighted by molar-refractivity contribution is 0.104. The lowest BCUT2D eigenvalue weighted by Gasteiger charge is -2.10. The van der Waals surface area contributed by atoms with Gasteiger partial charge in [0.15, 0.2) is 0 Å². The Hall–Kier alpha value is -3.22. The average Bonchev–Trinajstić information content (AvgIpc) is 2.53. The first-order valence-corrected chi connectivity index (χ1v) is 7.30. The summed E-state index contributed by atoms with van der Waals surface area (Å²) in [5, 5.41) is 14.9. The Balaban J connectivity index is 1.94. The van der Waals surface area contributed by atoms with Crippen LogP contribution in [0.5, 0.6) is 11.5 Å². The predicted octanol–water partition coefficient (Wildman–Crippen LogP) is 3.88. The molecule has 0 radical (unpaired) electrons. The van der Waals surface area contributed by atoms with Gasteiger partial charge in [0.1, 0.15) is 11.5 Å². The fourth-order valence-electron chi connectivity index (χ4n) is 1.88. The monoisotopic (exact) mass is 330 g/mol. The summed E-state index contributed by atoms with van der Waals surface area (Å²) in [6.45, 7) is 3.76. The number of urea groups is 1. The number of ether oxygens (including phenoxy) is 2. The van der Waals surface area contributed by atoms with Crippen LogP contribution in [0.1, 0.15) is 12.5 Å². The summed E-state index contributed by atoms with van der Waals surface area (Å²) >= 11 is 0. The highest BCUT2D eigenvalue weighted by molar-refractivity contribution is 6.00. The molecule has 0 aliphatic heterocycles. The van der Waals surface area contributed by atoms with E-state index in [-0.39, 0.29) is 12.4 Å². The molecule has 2 amide bonds. The van der Waals surface area contributed by atoms with Crippen LogP contribution in [0.2, 0.25) is 0 Å². The van der Waals surface area contributed by atoms with E-state index < -0.39 is 12.2 Å². The SMILES string of the molecule is CCOC(=O)Oc1ccc(NC(=O)Nc2cc(C)ccc2O)cc1. The van der Waals surface area contributed by atoms with Crippen LogP contribution in [-0.2, 0) is 4.74 Å². The van der Waals surface area contributed by atoms with Crippen LogP contribution in [0.4, 0.5) is 21.0 Å². The molecule has 0 aliphatic carbocycles. The Labute approximate surface area is 139 Å². The molecule has 0 aromatic heterocycles. The van der Waals surface area contributed by atoms with Gasteiger partial charge in [-0.15, -0.1) is 0 Å². The Morgan fingerprint density at radius 3 is 2.46 bits per heavy atom. The number of aromatic hydroxyl groups is 1. The molecule has 2 aromatic rings. The zero-order valence-corrected chi connectivity index (χ0v) is 13.3. The van der Waals surface area contributed by atoms with Crippen molar-refractivity contribution >= 4 is 23.6 Å². The van der Waals surface area contributed by atoms with Crippen LogP contribution in [-0.4, -0.2) is 23.9 Å². The Morgan fingerprint density at radius 1 is 1.08 bits per heavy atom. The number of anilines is 2. The molecular weight excluding hydrogens is 312 g/mol. The van der Waals surface area contributed by atoms with Gasteiger partial charge >= 0.3 is 12.2 Å². The van der Waals surface area contributed by atoms with E-state index in [0.717, 1.165) is 5.56 Å². The molecule has 3 N–H and O–H groups in total. The third kappa shape index (κ3) is 4.91. The van der Waals surface area contributed by atoms with Crippen molar-refractivity contribution in [2.75, 3.05) is 17.2 Å². The minimum atomic E-state index is -0.786. The number of hydrogen-bond acceptors (Lipinski definition) is 5. The molecule has 0 spiro atoms. The van der Waals surface area contributed by atoms with Crippen molar-refractivity contribution < 1.29 is 24.2 Å². The van der Waals surface area contributed by atoms with Crippen molar-refractivity contribution in [3.8, 4) is 11.5 Å². The molecule has 7 heteroatoms. The smallest absolute Gasteiger partial charge is 0.506 e. The van der Waals surface area contributed by atoms with E-state index in [1.165, 1.54) is 18.2 Å². The summed E-state index contributed by atoms with van der Waals surface area (Å²) in [4.78, 5) is 23.1. The second kappa shape index (κ2) is 7.87. The Kier molecular flexibility index (Phi) is 5.62. The van der Waals surface area contributed by atoms with E-state index in [0.29, 0.717) is 17.1 Å². The topological polar surface area (TPSA) is 96.9 Å². The zero-order chi connectivity index (χ0) is 17.5. The number of nitrogens with one attached hydrogen (secondary N) is 2. The van der Waals surface area contributed by atoms with Gasteiger partial charge in [-0.25, -0.2) is 9.59 Å². The molecule has 0 saturated heterocycles. The summed E-state index contributed by atoms with van der Waals surface area (Å²) in [5.41, 5.74) is 1.72. The van der Waals surface area contributed by atoms with Gasteiger partial charge in [0.05, 0.1) is 12.3 Å². The first-order chi connectivity index (χ1) is 11.5. The number of hydrogen-bond donors (Lipinski definition) is 3. The van der Waals surface area contributed by atoms with Crippen LogP contribution < -0.4 is 15.4 Å². The fourth-order valence-corrected chi connectivity index (χ4v) is 1.88. The molecule has 2 rings (SSSR count). The molecule has 126 valence electrons. The van der Waals surface area contributed by atoms with Gasteiger partial charge in [-0.05, 0) is 55.8 Å². The standard InChI is InChI=1S/C17H18N2O5/c1-3-23-17(22)24-13-7-5-12(6-8-13)18-16(21)19-14-10-11(2)4-9-15(14)20/h4-10,20H,3H2,1-2H3,(H2,18,19,21). The van der Waals surface area contributed by atoms with Crippen molar-refractivity contribution in [1.82, 2.24) is 0 Å². The third-order valence-electron chi connectivity index (χ3n) is 2.98. The van der Waals surface area contributed by atoms with Crippen LogP contribution in [0.15, 0.2) is 42.5 Å². The summed E-state index contributed by atoms with van der Waals surface area (Å²) in [6.07, 6.45) is -0.786. The van der Waals surface area contributed by atoms with Crippen LogP contribution >= 0.6 is 0 Å². The highest BCUT2D eigenvalue weighted by atomic mass is 16.7. The maximum atomic E-state index is 12.0. The van der Waals surface area contributed by atoms with Crippen LogP contribution in [0.25, 0.3) is 0 Å². The minimum absolute atomic E-state index is 0.0195. The van der Waals surface area contributed by atoms with Gasteiger partial charge < -0.3 is 25.2 Å². The largest absolute Gasteiger partial charge is 0.513 e. The molecule has 2 aromatic carbocycles. The molecule has 0 aliphatic rings. The maximum Gasteiger partial charge on any atom is 0.513 e. The molecule has 7 nitrogen and oxygen atoms in total. The molecule has 0 heterocycles. The fraction of sp³-hybridized carbons (Fsp3) is 0.176. The molecule has 0 atom stereocenters. The zero-order valence-electron chi connectivity index (χ0n) is 13.3. The number of rotatable bonds is 4. The minimum Gasteiger partial charge on any atom is -0.506 e. The van der Waals surface area contributed by atoms with Crippen molar-refractivity contribution in [2.24, 2.45) is 0 Å². The van der Waals surface area contributed by atoms with E-state index in [4.69, 9.17) is 4.74 Å². The molecule has 0 unspecified atom stereocenters. The Bertz CT molecular complexity index is 728. The number of carbonyl (C=O) groups excluding carboxylic acids is 2. The molecule has 0 saturated carbocycles. The second-order valence-electron chi connectivity index (χ2n) is 4.91. The summed E-state index contributed by atoms with van der Waals surface area (Å²) in [6, 6.07) is 10.6. The number of phenols is 1. The van der Waals surface area contributed by atoms with Crippen LogP contribution in [0, 0.1) is 6.92 Å². The lowest BCUT2D eigenvalue weighted by atomic mass is 10.2. The van der Waals surface area contributed by atoms with Gasteiger partial charge in [-0.3, -0.25) is 0 Å². The van der Waals surface area contributed by atoms with Crippen molar-refractivity contribution in [3.05, 3.63) is 48.0 Å². The van der Waals surface area contributed by atoms with Gasteiger partial charge in [0, 0.05) is 5.69 Å². The molecule has 0 bridgehead atoms. The number of carbonyl (C=O) groups is 2. The third-order valence-corrected chi connectivity index (χ3v) is 2.98. The number of phenolic OH excluding ortho intramolecular Hbond substituents is 1. The van der Waals surface area contributed by atoms with Crippen molar-refractivity contribution in [3.63, 3.8) is 0 Å². The van der Waals surface area contributed by atoms with E-state index >= 15 is 0 Å². The highest BCUT2D eigenvalue weighted by Crippen LogP contribution is 2.24. The van der Waals surface area contributed by atoms with Gasteiger partial charge in [-0.1, -0.05) is 6.07 Å². The lowest BCUT2D eigenvalue weighted by Crippen LogP contribution is -2.19. The maximum absolute atomic E-state index is 12.0. The first-order valence-electron chi connectivity index (χ1n) is 7.30. The predicted molar refractivity (Wildman–Crippen MR) is 89.6 cm³/mol. The highest BCUT2D eigenvalue weighted by Gasteiger charge is 2.08. The van der Waals surface area contributed by atoms with Crippen molar-refractivity contribution in [1.29, 1.82) is 0 Å². The van der Waals surface area contributed by atoms with Gasteiger partial charge in [-0.2, -0.15) is 0 Å². The molecular formula is C17H18N2O5. The normalized spacial score (nSPS) is 9.92. The summed E-state index contributed by atoms with van der Waals surface area (Å²) in [5.74, 6) is 0.282. The summed E-state index contributed by atoms with van der Waals surface area (Å²) in [7, 11) is 0. The first kappa shape index (κ1) is 17.1. The quantitative estimate of drug-likeness (QED) is 0.449. The average molecular weight is 330 g/mol. The summed E-state index contributed by atoms with van der Waals surface area (Å²) < 4.78 is 9.58. The van der Waals surface area contributed by atoms with E-state index in [1.807, 2.05) is 6.92 Å². The number of amides is 2. The second-order valence-corrected chi connectivity index (χ2v) is 4.91. The van der Waals surface area contributed by atoms with E-state index in [2.05, 4.69) is 15.4 Å². The van der Waals surface area contributed by atoms with Gasteiger partial charge in [0.25, 0.3) is 0 Å².